The molecule has 0 radical (unpaired) electrons. The van der Waals surface area contributed by atoms with Gasteiger partial charge in [-0.05, 0) is 44.9 Å². The van der Waals surface area contributed by atoms with Crippen molar-refractivity contribution in [1.29, 1.82) is 0 Å². The van der Waals surface area contributed by atoms with E-state index in [4.69, 9.17) is 9.47 Å². The molecule has 1 aromatic rings. The van der Waals surface area contributed by atoms with Crippen molar-refractivity contribution < 1.29 is 29.3 Å². The molecule has 0 spiro atoms. The Balaban J connectivity index is 1.78. The van der Waals surface area contributed by atoms with Gasteiger partial charge in [0.2, 0.25) is 0 Å². The van der Waals surface area contributed by atoms with Crippen molar-refractivity contribution in [2.45, 2.75) is 51.5 Å². The number of carbonyl (C=O) groups excluding carboxylic acids is 1. The summed E-state index contributed by atoms with van der Waals surface area (Å²) in [4.78, 5) is 25.4. The highest BCUT2D eigenvalue weighted by atomic mass is 16.6. The van der Waals surface area contributed by atoms with Crippen LogP contribution in [0.3, 0.4) is 0 Å². The van der Waals surface area contributed by atoms with Crippen molar-refractivity contribution in [2.75, 3.05) is 18.1 Å². The molecular formula is C18H24N2O6. The lowest BCUT2D eigenvalue weighted by molar-refractivity contribution is 0.0507. The molecule has 1 fully saturated rings. The Morgan fingerprint density at radius 2 is 2.12 bits per heavy atom. The molecule has 3 N–H and O–H groups in total. The first-order valence-corrected chi connectivity index (χ1v) is 8.58. The van der Waals surface area contributed by atoms with Crippen molar-refractivity contribution in [3.05, 3.63) is 23.3 Å². The first kappa shape index (κ1) is 18.3. The Labute approximate surface area is 151 Å². The molecule has 1 saturated heterocycles. The molecule has 1 aromatic carbocycles. The summed E-state index contributed by atoms with van der Waals surface area (Å²) in [6.07, 6.45) is 0.245. The van der Waals surface area contributed by atoms with E-state index in [-0.39, 0.29) is 24.3 Å². The van der Waals surface area contributed by atoms with Crippen LogP contribution in [0.1, 0.15) is 43.1 Å². The Hall–Kier alpha value is -2.48. The average molecular weight is 364 g/mol. The molecule has 0 aliphatic carbocycles. The standard InChI is InChI=1S/C18H24N2O6/c1-18(2,3)26-17(24)19-11-5-12-9-25-15-6-13(16(22)23)10(8-21)4-14(15)20(12)7-11/h4,6,11-12,21H,5,7-9H2,1-3H3,(H,19,24)(H,22,23)/t11-,12-/m0/s1. The number of carboxylic acid groups (broad SMARTS) is 1. The number of hydrogen-bond donors (Lipinski definition) is 3. The van der Waals surface area contributed by atoms with Gasteiger partial charge in [0.25, 0.3) is 0 Å². The number of rotatable bonds is 3. The smallest absolute Gasteiger partial charge is 0.407 e. The minimum atomic E-state index is -1.10. The van der Waals surface area contributed by atoms with Crippen molar-refractivity contribution in [3.63, 3.8) is 0 Å². The topological polar surface area (TPSA) is 108 Å². The number of carboxylic acids is 1. The third kappa shape index (κ3) is 3.70. The number of nitrogens with zero attached hydrogens (tertiary/aromatic N) is 1. The number of hydrogen-bond acceptors (Lipinski definition) is 6. The number of carbonyl (C=O) groups is 2. The molecule has 2 heterocycles. The van der Waals surface area contributed by atoms with Gasteiger partial charge in [0.05, 0.1) is 29.9 Å². The van der Waals surface area contributed by atoms with Crippen LogP contribution in [-0.2, 0) is 11.3 Å². The lowest BCUT2D eigenvalue weighted by Gasteiger charge is -2.34. The molecule has 142 valence electrons. The fraction of sp³-hybridized carbons (Fsp3) is 0.556. The van der Waals surface area contributed by atoms with Crippen molar-refractivity contribution in [2.24, 2.45) is 0 Å². The van der Waals surface area contributed by atoms with Crippen LogP contribution in [0.15, 0.2) is 12.1 Å². The van der Waals surface area contributed by atoms with E-state index >= 15 is 0 Å². The Bertz CT molecular complexity index is 727. The summed E-state index contributed by atoms with van der Waals surface area (Å²) in [6, 6.07) is 3.08. The van der Waals surface area contributed by atoms with Gasteiger partial charge >= 0.3 is 12.1 Å². The fourth-order valence-electron chi connectivity index (χ4n) is 3.42. The summed E-state index contributed by atoms with van der Waals surface area (Å²) in [5, 5.41) is 21.6. The second kappa shape index (κ2) is 6.68. The quantitative estimate of drug-likeness (QED) is 0.750. The summed E-state index contributed by atoms with van der Waals surface area (Å²) < 4.78 is 11.0. The SMILES string of the molecule is CC(C)(C)OC(=O)N[C@H]1C[C@H]2COc3cc(C(=O)O)c(CO)cc3N2C1. The number of amides is 1. The summed E-state index contributed by atoms with van der Waals surface area (Å²) in [5.74, 6) is -0.623. The maximum absolute atomic E-state index is 12.0. The summed E-state index contributed by atoms with van der Waals surface area (Å²) >= 11 is 0. The van der Waals surface area contributed by atoms with Crippen LogP contribution in [0.25, 0.3) is 0 Å². The molecule has 0 saturated carbocycles. The van der Waals surface area contributed by atoms with Gasteiger partial charge in [-0.15, -0.1) is 0 Å². The highest BCUT2D eigenvalue weighted by molar-refractivity contribution is 5.91. The average Bonchev–Trinajstić information content (AvgIpc) is 2.94. The van der Waals surface area contributed by atoms with Gasteiger partial charge in [0.1, 0.15) is 18.0 Å². The zero-order valence-electron chi connectivity index (χ0n) is 15.1. The molecule has 0 bridgehead atoms. The van der Waals surface area contributed by atoms with E-state index in [1.807, 2.05) is 20.8 Å². The number of aliphatic hydroxyl groups is 1. The zero-order valence-corrected chi connectivity index (χ0v) is 15.1. The Morgan fingerprint density at radius 1 is 1.38 bits per heavy atom. The molecule has 2 atom stereocenters. The maximum atomic E-state index is 12.0. The van der Waals surface area contributed by atoms with Crippen LogP contribution in [0.2, 0.25) is 0 Å². The minimum absolute atomic E-state index is 0.0346. The second-order valence-corrected chi connectivity index (χ2v) is 7.64. The van der Waals surface area contributed by atoms with E-state index in [2.05, 4.69) is 10.2 Å². The van der Waals surface area contributed by atoms with E-state index in [9.17, 15) is 19.8 Å². The second-order valence-electron chi connectivity index (χ2n) is 7.64. The van der Waals surface area contributed by atoms with E-state index in [1.165, 1.54) is 6.07 Å². The predicted octanol–water partition coefficient (Wildman–Crippen LogP) is 1.74. The maximum Gasteiger partial charge on any atom is 0.407 e. The lowest BCUT2D eigenvalue weighted by atomic mass is 10.0. The largest absolute Gasteiger partial charge is 0.489 e. The van der Waals surface area contributed by atoms with E-state index in [0.29, 0.717) is 30.9 Å². The number of ether oxygens (including phenoxy) is 2. The van der Waals surface area contributed by atoms with Crippen LogP contribution in [0.5, 0.6) is 5.75 Å². The van der Waals surface area contributed by atoms with Crippen LogP contribution < -0.4 is 15.0 Å². The van der Waals surface area contributed by atoms with Crippen molar-refractivity contribution >= 4 is 17.7 Å². The first-order chi connectivity index (χ1) is 12.2. The Morgan fingerprint density at radius 3 is 2.73 bits per heavy atom. The van der Waals surface area contributed by atoms with Gasteiger partial charge in [0.15, 0.2) is 0 Å². The zero-order chi connectivity index (χ0) is 19.1. The number of anilines is 1. The van der Waals surface area contributed by atoms with Gasteiger partial charge < -0.3 is 29.9 Å². The van der Waals surface area contributed by atoms with E-state index < -0.39 is 17.7 Å². The number of alkyl carbamates (subject to hydrolysis) is 1. The van der Waals surface area contributed by atoms with Gasteiger partial charge in [0, 0.05) is 6.54 Å². The van der Waals surface area contributed by atoms with Gasteiger partial charge in [-0.3, -0.25) is 0 Å². The third-order valence-corrected chi connectivity index (χ3v) is 4.46. The first-order valence-electron chi connectivity index (χ1n) is 8.58. The summed E-state index contributed by atoms with van der Waals surface area (Å²) in [7, 11) is 0. The molecule has 1 amide bonds. The van der Waals surface area contributed by atoms with Crippen molar-refractivity contribution in [3.8, 4) is 5.75 Å². The van der Waals surface area contributed by atoms with Crippen LogP contribution >= 0.6 is 0 Å². The third-order valence-electron chi connectivity index (χ3n) is 4.46. The van der Waals surface area contributed by atoms with Crippen LogP contribution in [-0.4, -0.2) is 53.1 Å². The summed E-state index contributed by atoms with van der Waals surface area (Å²) in [5.41, 5.74) is 0.550. The predicted molar refractivity (Wildman–Crippen MR) is 93.7 cm³/mol. The van der Waals surface area contributed by atoms with Gasteiger partial charge in [-0.2, -0.15) is 0 Å². The van der Waals surface area contributed by atoms with Gasteiger partial charge in [-0.25, -0.2) is 9.59 Å². The molecule has 8 heteroatoms. The number of benzene rings is 1. The van der Waals surface area contributed by atoms with Crippen LogP contribution in [0.4, 0.5) is 10.5 Å². The number of aromatic carboxylic acids is 1. The molecule has 2 aliphatic rings. The van der Waals surface area contributed by atoms with E-state index in [0.717, 1.165) is 5.69 Å². The van der Waals surface area contributed by atoms with Crippen molar-refractivity contribution in [1.82, 2.24) is 5.32 Å². The number of nitrogens with one attached hydrogen (secondary N) is 1. The molecule has 2 aliphatic heterocycles. The number of aliphatic hydroxyl groups excluding tert-OH is 1. The molecule has 0 aromatic heterocycles. The molecule has 0 unspecified atom stereocenters. The highest BCUT2D eigenvalue weighted by Gasteiger charge is 2.38. The molecule has 8 nitrogen and oxygen atoms in total. The lowest BCUT2D eigenvalue weighted by Crippen LogP contribution is -2.41. The number of fused-ring (bicyclic) bond motifs is 3. The molecular weight excluding hydrogens is 340 g/mol. The van der Waals surface area contributed by atoms with E-state index in [1.54, 1.807) is 6.07 Å². The summed E-state index contributed by atoms with van der Waals surface area (Å²) in [6.45, 7) is 6.04. The Kier molecular flexibility index (Phi) is 4.70. The minimum Gasteiger partial charge on any atom is -0.489 e. The molecule has 26 heavy (non-hydrogen) atoms. The monoisotopic (exact) mass is 364 g/mol. The fourth-order valence-corrected chi connectivity index (χ4v) is 3.42. The normalized spacial score (nSPS) is 21.5. The highest BCUT2D eigenvalue weighted by Crippen LogP contribution is 2.40. The van der Waals surface area contributed by atoms with Gasteiger partial charge in [-0.1, -0.05) is 0 Å². The molecule has 3 rings (SSSR count). The van der Waals surface area contributed by atoms with Crippen LogP contribution in [0, 0.1) is 0 Å².